The quantitative estimate of drug-likeness (QED) is 0.381. The predicted molar refractivity (Wildman–Crippen MR) is 117 cm³/mol. The summed E-state index contributed by atoms with van der Waals surface area (Å²) in [4.78, 5) is 39.7. The molecule has 0 spiro atoms. The van der Waals surface area contributed by atoms with Crippen molar-refractivity contribution in [1.82, 2.24) is 14.4 Å². The van der Waals surface area contributed by atoms with Crippen LogP contribution >= 0.6 is 0 Å². The number of ether oxygens (including phenoxy) is 1. The van der Waals surface area contributed by atoms with Crippen LogP contribution in [0.1, 0.15) is 35.8 Å². The molecule has 0 aliphatic heterocycles. The topological polar surface area (TPSA) is 97.9 Å². The van der Waals surface area contributed by atoms with Gasteiger partial charge in [-0.3, -0.25) is 19.7 Å². The van der Waals surface area contributed by atoms with Crippen molar-refractivity contribution in [2.45, 2.75) is 26.3 Å². The van der Waals surface area contributed by atoms with Crippen molar-refractivity contribution in [2.75, 3.05) is 33.4 Å². The highest BCUT2D eigenvalue weighted by Crippen LogP contribution is 2.14. The van der Waals surface area contributed by atoms with Crippen LogP contribution in [-0.4, -0.2) is 64.5 Å². The zero-order valence-electron chi connectivity index (χ0n) is 18.3. The van der Waals surface area contributed by atoms with Crippen molar-refractivity contribution >= 4 is 17.5 Å². The average molecular weight is 431 g/mol. The number of aromatic nitrogens is 1. The summed E-state index contributed by atoms with van der Waals surface area (Å²) in [6.45, 7) is 3.56. The Hall–Kier alpha value is -3.20. The van der Waals surface area contributed by atoms with E-state index < -0.39 is 4.92 Å². The largest absolute Gasteiger partial charge is 0.383 e. The zero-order valence-corrected chi connectivity index (χ0v) is 18.3. The first kappa shape index (κ1) is 24.1. The Balaban J connectivity index is 2.17. The fourth-order valence-electron chi connectivity index (χ4n) is 3.12. The molecule has 1 aromatic heterocycles. The fraction of sp³-hybridized carbons (Fsp3) is 0.455. The standard InChI is InChI=1S/C22H30N4O5/c1-4-5-13-24(16-20-7-6-12-23(20)2)21(27)17-25(14-15-31-3)22(28)18-8-10-19(11-9-18)26(29)30/h6-12H,4-5,13-17H2,1-3H3. The Morgan fingerprint density at radius 3 is 2.39 bits per heavy atom. The number of non-ortho nitro benzene ring substituents is 1. The minimum atomic E-state index is -0.518. The van der Waals surface area contributed by atoms with Crippen LogP contribution in [0.2, 0.25) is 0 Å². The zero-order chi connectivity index (χ0) is 22.8. The smallest absolute Gasteiger partial charge is 0.269 e. The molecule has 0 N–H and O–H groups in total. The minimum Gasteiger partial charge on any atom is -0.383 e. The second-order valence-electron chi connectivity index (χ2n) is 7.30. The molecule has 31 heavy (non-hydrogen) atoms. The summed E-state index contributed by atoms with van der Waals surface area (Å²) in [5.41, 5.74) is 1.20. The molecular formula is C22H30N4O5. The van der Waals surface area contributed by atoms with Gasteiger partial charge in [-0.05, 0) is 30.7 Å². The fourth-order valence-corrected chi connectivity index (χ4v) is 3.12. The monoisotopic (exact) mass is 430 g/mol. The summed E-state index contributed by atoms with van der Waals surface area (Å²) in [5.74, 6) is -0.518. The number of aryl methyl sites for hydroxylation is 1. The number of hydrogen-bond acceptors (Lipinski definition) is 5. The van der Waals surface area contributed by atoms with E-state index in [0.29, 0.717) is 13.1 Å². The summed E-state index contributed by atoms with van der Waals surface area (Å²) >= 11 is 0. The first-order chi connectivity index (χ1) is 14.9. The van der Waals surface area contributed by atoms with Crippen molar-refractivity contribution in [1.29, 1.82) is 0 Å². The number of benzene rings is 1. The lowest BCUT2D eigenvalue weighted by atomic mass is 10.1. The van der Waals surface area contributed by atoms with Crippen LogP contribution in [-0.2, 0) is 23.1 Å². The molecule has 0 aliphatic rings. The molecule has 0 saturated heterocycles. The van der Waals surface area contributed by atoms with Crippen molar-refractivity contribution < 1.29 is 19.2 Å². The number of carbonyl (C=O) groups is 2. The summed E-state index contributed by atoms with van der Waals surface area (Å²) < 4.78 is 7.07. The van der Waals surface area contributed by atoms with Crippen LogP contribution in [0, 0.1) is 10.1 Å². The highest BCUT2D eigenvalue weighted by atomic mass is 16.6. The van der Waals surface area contributed by atoms with Crippen molar-refractivity contribution in [2.24, 2.45) is 7.05 Å². The molecule has 0 aliphatic carbocycles. The molecule has 9 heteroatoms. The Labute approximate surface area is 182 Å². The Morgan fingerprint density at radius 1 is 1.13 bits per heavy atom. The number of carbonyl (C=O) groups excluding carboxylic acids is 2. The Bertz CT molecular complexity index is 878. The third-order valence-corrected chi connectivity index (χ3v) is 5.04. The second-order valence-corrected chi connectivity index (χ2v) is 7.30. The molecule has 0 radical (unpaired) electrons. The molecule has 0 fully saturated rings. The lowest BCUT2D eigenvalue weighted by Crippen LogP contribution is -2.44. The highest BCUT2D eigenvalue weighted by Gasteiger charge is 2.23. The summed E-state index contributed by atoms with van der Waals surface area (Å²) in [6, 6.07) is 9.28. The average Bonchev–Trinajstić information content (AvgIpc) is 3.17. The van der Waals surface area contributed by atoms with Crippen LogP contribution in [0.15, 0.2) is 42.6 Å². The number of nitro groups is 1. The molecule has 0 atom stereocenters. The molecular weight excluding hydrogens is 400 g/mol. The first-order valence-electron chi connectivity index (χ1n) is 10.3. The maximum Gasteiger partial charge on any atom is 0.269 e. The van der Waals surface area contributed by atoms with Gasteiger partial charge in [0.1, 0.15) is 6.54 Å². The molecule has 0 bridgehead atoms. The predicted octanol–water partition coefficient (Wildman–Crippen LogP) is 2.85. The number of nitro benzene ring substituents is 1. The molecule has 0 saturated carbocycles. The molecule has 1 heterocycles. The molecule has 0 unspecified atom stereocenters. The van der Waals surface area contributed by atoms with Gasteiger partial charge >= 0.3 is 0 Å². The summed E-state index contributed by atoms with van der Waals surface area (Å²) in [5, 5.41) is 10.9. The van der Waals surface area contributed by atoms with Crippen LogP contribution < -0.4 is 0 Å². The number of unbranched alkanes of at least 4 members (excludes halogenated alkanes) is 1. The van der Waals surface area contributed by atoms with Crippen molar-refractivity contribution in [3.8, 4) is 0 Å². The van der Waals surface area contributed by atoms with E-state index in [1.165, 1.54) is 36.3 Å². The summed E-state index contributed by atoms with van der Waals surface area (Å²) in [6.07, 6.45) is 3.75. The molecule has 9 nitrogen and oxygen atoms in total. The van der Waals surface area contributed by atoms with Gasteiger partial charge in [0.25, 0.3) is 11.6 Å². The van der Waals surface area contributed by atoms with Gasteiger partial charge in [0.15, 0.2) is 0 Å². The lowest BCUT2D eigenvalue weighted by Gasteiger charge is -2.28. The second kappa shape index (κ2) is 11.8. The van der Waals surface area contributed by atoms with Gasteiger partial charge in [-0.15, -0.1) is 0 Å². The molecule has 2 rings (SSSR count). The van der Waals surface area contributed by atoms with E-state index in [9.17, 15) is 19.7 Å². The van der Waals surface area contributed by atoms with Crippen molar-refractivity contribution in [3.63, 3.8) is 0 Å². The van der Waals surface area contributed by atoms with Gasteiger partial charge in [0.2, 0.25) is 5.91 Å². The Kier molecular flexibility index (Phi) is 9.20. The van der Waals surface area contributed by atoms with Crippen molar-refractivity contribution in [3.05, 3.63) is 64.0 Å². The number of methoxy groups -OCH3 is 1. The van der Waals surface area contributed by atoms with Gasteiger partial charge in [0.05, 0.1) is 18.1 Å². The SMILES string of the molecule is CCCCN(Cc1cccn1C)C(=O)CN(CCOC)C(=O)c1ccc([N+](=O)[O-])cc1. The van der Waals surface area contributed by atoms with E-state index in [1.807, 2.05) is 29.9 Å². The molecule has 168 valence electrons. The third-order valence-electron chi connectivity index (χ3n) is 5.04. The number of nitrogens with zero attached hydrogens (tertiary/aromatic N) is 4. The van der Waals surface area contributed by atoms with Crippen LogP contribution in [0.4, 0.5) is 5.69 Å². The number of hydrogen-bond donors (Lipinski definition) is 0. The van der Waals surface area contributed by atoms with E-state index in [-0.39, 0.29) is 42.8 Å². The molecule has 2 amide bonds. The van der Waals surface area contributed by atoms with E-state index in [0.717, 1.165) is 18.5 Å². The van der Waals surface area contributed by atoms with Gasteiger partial charge in [-0.25, -0.2) is 0 Å². The molecule has 1 aromatic carbocycles. The van der Waals surface area contributed by atoms with E-state index in [4.69, 9.17) is 4.74 Å². The van der Waals surface area contributed by atoms with Gasteiger partial charge in [-0.2, -0.15) is 0 Å². The first-order valence-corrected chi connectivity index (χ1v) is 10.3. The van der Waals surface area contributed by atoms with Crippen LogP contribution in [0.25, 0.3) is 0 Å². The lowest BCUT2D eigenvalue weighted by molar-refractivity contribution is -0.384. The van der Waals surface area contributed by atoms with E-state index >= 15 is 0 Å². The highest BCUT2D eigenvalue weighted by molar-refractivity contribution is 5.96. The van der Waals surface area contributed by atoms with Crippen LogP contribution in [0.3, 0.4) is 0 Å². The maximum absolute atomic E-state index is 13.1. The van der Waals surface area contributed by atoms with Gasteiger partial charge in [0, 0.05) is 56.8 Å². The Morgan fingerprint density at radius 2 is 1.84 bits per heavy atom. The molecule has 2 aromatic rings. The van der Waals surface area contributed by atoms with Gasteiger partial charge < -0.3 is 19.1 Å². The van der Waals surface area contributed by atoms with Gasteiger partial charge in [-0.1, -0.05) is 13.3 Å². The summed E-state index contributed by atoms with van der Waals surface area (Å²) in [7, 11) is 3.46. The number of rotatable bonds is 12. The minimum absolute atomic E-state index is 0.0900. The normalized spacial score (nSPS) is 10.7. The van der Waals surface area contributed by atoms with Crippen LogP contribution in [0.5, 0.6) is 0 Å². The maximum atomic E-state index is 13.1. The van der Waals surface area contributed by atoms with E-state index in [1.54, 1.807) is 4.90 Å². The third kappa shape index (κ3) is 6.92. The van der Waals surface area contributed by atoms with E-state index in [2.05, 4.69) is 6.92 Å². The number of amides is 2.